The lowest BCUT2D eigenvalue weighted by Crippen LogP contribution is -2.57. The van der Waals surface area contributed by atoms with Crippen LogP contribution in [0.1, 0.15) is 31.0 Å². The number of nitrogens with zero attached hydrogens (tertiary/aromatic N) is 4. The van der Waals surface area contributed by atoms with Crippen molar-refractivity contribution < 1.29 is 0 Å². The van der Waals surface area contributed by atoms with E-state index in [0.717, 1.165) is 12.2 Å². The van der Waals surface area contributed by atoms with E-state index in [4.69, 9.17) is 5.73 Å². The first-order valence-electron chi connectivity index (χ1n) is 6.93. The Kier molecular flexibility index (Phi) is 4.50. The molecule has 1 atom stereocenters. The first-order chi connectivity index (χ1) is 9.09. The van der Waals surface area contributed by atoms with Gasteiger partial charge in [-0.25, -0.2) is 9.97 Å². The fourth-order valence-electron chi connectivity index (χ4n) is 2.93. The number of hydrogen-bond donors (Lipinski definition) is 1. The average Bonchev–Trinajstić information content (AvgIpc) is 2.35. The molecule has 106 valence electrons. The maximum absolute atomic E-state index is 5.94. The maximum atomic E-state index is 5.94. The molecular weight excluding hydrogens is 238 g/mol. The summed E-state index contributed by atoms with van der Waals surface area (Å²) in [5.41, 5.74) is 7.27. The van der Waals surface area contributed by atoms with Gasteiger partial charge in [-0.1, -0.05) is 0 Å². The van der Waals surface area contributed by atoms with Crippen LogP contribution in [-0.4, -0.2) is 59.5 Å². The lowest BCUT2D eigenvalue weighted by molar-refractivity contribution is 0.0163. The molecule has 5 nitrogen and oxygen atoms in total. The molecule has 1 saturated carbocycles. The molecule has 0 aliphatic heterocycles. The van der Waals surface area contributed by atoms with Crippen molar-refractivity contribution in [1.82, 2.24) is 19.8 Å². The Bertz CT molecular complexity index is 388. The van der Waals surface area contributed by atoms with Crippen LogP contribution in [0.4, 0.5) is 0 Å². The van der Waals surface area contributed by atoms with Crippen LogP contribution in [-0.2, 0) is 0 Å². The Morgan fingerprint density at radius 2 is 2.11 bits per heavy atom. The number of rotatable bonds is 6. The van der Waals surface area contributed by atoms with Crippen molar-refractivity contribution in [2.75, 3.05) is 34.2 Å². The minimum absolute atomic E-state index is 0.167. The summed E-state index contributed by atoms with van der Waals surface area (Å²) in [5.74, 6) is 0. The van der Waals surface area contributed by atoms with E-state index in [1.54, 1.807) is 12.5 Å². The molecule has 1 heterocycles. The predicted octanol–water partition coefficient (Wildman–Crippen LogP) is 0.893. The molecule has 2 N–H and O–H groups in total. The summed E-state index contributed by atoms with van der Waals surface area (Å²) in [6.07, 6.45) is 7.24. The molecule has 1 aliphatic carbocycles. The summed E-state index contributed by atoms with van der Waals surface area (Å²) >= 11 is 0. The molecule has 0 aromatic carbocycles. The highest BCUT2D eigenvalue weighted by atomic mass is 15.2. The predicted molar refractivity (Wildman–Crippen MR) is 76.7 cm³/mol. The molecule has 1 fully saturated rings. The Labute approximate surface area is 115 Å². The SMILES string of the molecule is CN(CC1(N(C)C)CCC1)C(CN)c1ccncn1. The third kappa shape index (κ3) is 2.94. The van der Waals surface area contributed by atoms with Gasteiger partial charge in [0.2, 0.25) is 0 Å². The van der Waals surface area contributed by atoms with Crippen LogP contribution in [0.5, 0.6) is 0 Å². The van der Waals surface area contributed by atoms with Crippen LogP contribution in [0, 0.1) is 0 Å². The molecule has 2 rings (SSSR count). The topological polar surface area (TPSA) is 58.3 Å². The van der Waals surface area contributed by atoms with E-state index in [-0.39, 0.29) is 6.04 Å². The van der Waals surface area contributed by atoms with Crippen molar-refractivity contribution in [2.45, 2.75) is 30.8 Å². The van der Waals surface area contributed by atoms with Crippen LogP contribution in [0.2, 0.25) is 0 Å². The average molecular weight is 263 g/mol. The standard InChI is InChI=1S/C14H25N5/c1-18(2)14(6-4-7-14)10-19(3)13(9-15)12-5-8-16-11-17-12/h5,8,11,13H,4,6-7,9-10,15H2,1-3H3. The summed E-state index contributed by atoms with van der Waals surface area (Å²) in [6, 6.07) is 2.12. The largest absolute Gasteiger partial charge is 0.329 e. The molecule has 1 aromatic heterocycles. The van der Waals surface area contributed by atoms with Crippen molar-refractivity contribution in [3.8, 4) is 0 Å². The Balaban J connectivity index is 2.07. The minimum Gasteiger partial charge on any atom is -0.329 e. The molecule has 0 amide bonds. The molecule has 0 radical (unpaired) electrons. The van der Waals surface area contributed by atoms with Gasteiger partial charge >= 0.3 is 0 Å². The van der Waals surface area contributed by atoms with Crippen LogP contribution < -0.4 is 5.73 Å². The third-order valence-electron chi connectivity index (χ3n) is 4.48. The number of nitrogens with two attached hydrogens (primary N) is 1. The Morgan fingerprint density at radius 1 is 1.37 bits per heavy atom. The van der Waals surface area contributed by atoms with E-state index in [9.17, 15) is 0 Å². The van der Waals surface area contributed by atoms with Crippen LogP contribution in [0.3, 0.4) is 0 Å². The van der Waals surface area contributed by atoms with Gasteiger partial charge in [0.15, 0.2) is 0 Å². The van der Waals surface area contributed by atoms with Crippen molar-refractivity contribution >= 4 is 0 Å². The monoisotopic (exact) mass is 263 g/mol. The second-order valence-corrected chi connectivity index (χ2v) is 5.77. The van der Waals surface area contributed by atoms with Crippen molar-refractivity contribution in [2.24, 2.45) is 5.73 Å². The fraction of sp³-hybridized carbons (Fsp3) is 0.714. The molecule has 1 aliphatic rings. The van der Waals surface area contributed by atoms with E-state index in [2.05, 4.69) is 40.9 Å². The maximum Gasteiger partial charge on any atom is 0.115 e. The van der Waals surface area contributed by atoms with Gasteiger partial charge in [-0.05, 0) is 46.5 Å². The lowest BCUT2D eigenvalue weighted by atomic mass is 9.75. The zero-order valence-corrected chi connectivity index (χ0v) is 12.2. The molecule has 5 heteroatoms. The molecule has 0 saturated heterocycles. The van der Waals surface area contributed by atoms with Crippen LogP contribution in [0.15, 0.2) is 18.6 Å². The van der Waals surface area contributed by atoms with Crippen LogP contribution >= 0.6 is 0 Å². The van der Waals surface area contributed by atoms with Gasteiger partial charge in [-0.15, -0.1) is 0 Å². The summed E-state index contributed by atoms with van der Waals surface area (Å²) in [5, 5.41) is 0. The molecule has 0 spiro atoms. The second-order valence-electron chi connectivity index (χ2n) is 5.77. The number of hydrogen-bond acceptors (Lipinski definition) is 5. The van der Waals surface area contributed by atoms with E-state index >= 15 is 0 Å². The van der Waals surface area contributed by atoms with E-state index in [0.29, 0.717) is 12.1 Å². The molecule has 1 unspecified atom stereocenters. The van der Waals surface area contributed by atoms with Crippen LogP contribution in [0.25, 0.3) is 0 Å². The van der Waals surface area contributed by atoms with E-state index in [1.165, 1.54) is 19.3 Å². The smallest absolute Gasteiger partial charge is 0.115 e. The third-order valence-corrected chi connectivity index (χ3v) is 4.48. The normalized spacial score (nSPS) is 19.5. The first-order valence-corrected chi connectivity index (χ1v) is 6.93. The van der Waals surface area contributed by atoms with Gasteiger partial charge in [-0.2, -0.15) is 0 Å². The highest BCUT2D eigenvalue weighted by molar-refractivity contribution is 5.07. The highest BCUT2D eigenvalue weighted by Gasteiger charge is 2.40. The van der Waals surface area contributed by atoms with Gasteiger partial charge in [0.05, 0.1) is 11.7 Å². The van der Waals surface area contributed by atoms with Gasteiger partial charge < -0.3 is 10.6 Å². The molecule has 1 aromatic rings. The van der Waals surface area contributed by atoms with Gasteiger partial charge in [0.1, 0.15) is 6.33 Å². The quantitative estimate of drug-likeness (QED) is 0.826. The van der Waals surface area contributed by atoms with Crippen molar-refractivity contribution in [3.63, 3.8) is 0 Å². The second kappa shape index (κ2) is 5.94. The summed E-state index contributed by atoms with van der Waals surface area (Å²) in [6.45, 7) is 1.61. The number of aromatic nitrogens is 2. The van der Waals surface area contributed by atoms with Gasteiger partial charge in [0, 0.05) is 24.8 Å². The molecular formula is C14H25N5. The molecule has 0 bridgehead atoms. The zero-order chi connectivity index (χ0) is 13.9. The van der Waals surface area contributed by atoms with E-state index in [1.807, 2.05) is 6.07 Å². The summed E-state index contributed by atoms with van der Waals surface area (Å²) in [7, 11) is 6.49. The molecule has 19 heavy (non-hydrogen) atoms. The summed E-state index contributed by atoms with van der Waals surface area (Å²) in [4.78, 5) is 13.0. The van der Waals surface area contributed by atoms with Gasteiger partial charge in [0.25, 0.3) is 0 Å². The van der Waals surface area contributed by atoms with Gasteiger partial charge in [-0.3, -0.25) is 4.90 Å². The fourth-order valence-corrected chi connectivity index (χ4v) is 2.93. The summed E-state index contributed by atoms with van der Waals surface area (Å²) < 4.78 is 0. The van der Waals surface area contributed by atoms with Crippen molar-refractivity contribution in [1.29, 1.82) is 0 Å². The van der Waals surface area contributed by atoms with E-state index < -0.39 is 0 Å². The Hall–Kier alpha value is -1.04. The Morgan fingerprint density at radius 3 is 2.53 bits per heavy atom. The number of likely N-dealkylation sites (N-methyl/N-ethyl adjacent to an activating group) is 2. The zero-order valence-electron chi connectivity index (χ0n) is 12.2. The minimum atomic E-state index is 0.167. The highest BCUT2D eigenvalue weighted by Crippen LogP contribution is 2.37. The lowest BCUT2D eigenvalue weighted by Gasteiger charge is -2.50. The first kappa shape index (κ1) is 14.4. The van der Waals surface area contributed by atoms with Crippen molar-refractivity contribution in [3.05, 3.63) is 24.3 Å².